The lowest BCUT2D eigenvalue weighted by atomic mass is 9.91. The maximum atomic E-state index is 5.66. The maximum absolute atomic E-state index is 5.66. The first-order chi connectivity index (χ1) is 11.3. The van der Waals surface area contributed by atoms with Crippen LogP contribution in [0.3, 0.4) is 0 Å². The van der Waals surface area contributed by atoms with Crippen LogP contribution in [0.15, 0.2) is 36.7 Å². The second kappa shape index (κ2) is 7.66. The normalized spacial score (nSPS) is 17.3. The molecule has 2 heterocycles. The fourth-order valence-electron chi connectivity index (χ4n) is 3.49. The Balaban J connectivity index is 1.77. The van der Waals surface area contributed by atoms with E-state index in [0.717, 1.165) is 32.4 Å². The lowest BCUT2D eigenvalue weighted by Gasteiger charge is -2.32. The van der Waals surface area contributed by atoms with E-state index in [9.17, 15) is 0 Å². The Morgan fingerprint density at radius 1 is 1.22 bits per heavy atom. The smallest absolute Gasteiger partial charge is 0.0607 e. The molecule has 0 amide bonds. The van der Waals surface area contributed by atoms with E-state index in [0.29, 0.717) is 6.04 Å². The number of rotatable bonds is 6. The molecule has 0 fully saturated rings. The first-order valence-corrected chi connectivity index (χ1v) is 8.56. The fourth-order valence-corrected chi connectivity index (χ4v) is 3.49. The van der Waals surface area contributed by atoms with Gasteiger partial charge in [0.1, 0.15) is 0 Å². The van der Waals surface area contributed by atoms with Crippen molar-refractivity contribution in [1.82, 2.24) is 14.9 Å². The van der Waals surface area contributed by atoms with Crippen LogP contribution in [-0.2, 0) is 19.4 Å². The van der Waals surface area contributed by atoms with Gasteiger partial charge in [-0.15, -0.1) is 0 Å². The minimum absolute atomic E-state index is 0.393. The summed E-state index contributed by atoms with van der Waals surface area (Å²) in [7, 11) is 2.19. The van der Waals surface area contributed by atoms with Crippen LogP contribution in [0.2, 0.25) is 0 Å². The summed E-state index contributed by atoms with van der Waals surface area (Å²) in [6.07, 6.45) is 9.38. The first kappa shape index (κ1) is 16.1. The molecule has 0 saturated carbocycles. The molecule has 0 spiro atoms. The van der Waals surface area contributed by atoms with Crippen LogP contribution in [-0.4, -0.2) is 28.5 Å². The largest absolute Gasteiger partial charge is 0.330 e. The Bertz CT molecular complexity index is 641. The number of nitrogens with two attached hydrogens (primary N) is 1. The summed E-state index contributed by atoms with van der Waals surface area (Å²) in [5.41, 5.74) is 10.8. The van der Waals surface area contributed by atoms with Crippen molar-refractivity contribution in [2.75, 3.05) is 13.6 Å². The summed E-state index contributed by atoms with van der Waals surface area (Å²) in [5.74, 6) is 0. The van der Waals surface area contributed by atoms with Crippen molar-refractivity contribution in [3.05, 3.63) is 59.2 Å². The molecule has 2 aromatic heterocycles. The lowest BCUT2D eigenvalue weighted by Crippen LogP contribution is -2.29. The number of hydrogen-bond donors (Lipinski definition) is 1. The summed E-state index contributed by atoms with van der Waals surface area (Å²) in [6.45, 7) is 1.59. The molecule has 0 bridgehead atoms. The van der Waals surface area contributed by atoms with E-state index < -0.39 is 0 Å². The molecule has 0 aromatic carbocycles. The average molecular weight is 310 g/mol. The lowest BCUT2D eigenvalue weighted by molar-refractivity contribution is 0.205. The second-order valence-electron chi connectivity index (χ2n) is 6.37. The van der Waals surface area contributed by atoms with Crippen LogP contribution in [0.5, 0.6) is 0 Å². The van der Waals surface area contributed by atoms with Crippen molar-refractivity contribution in [3.8, 4) is 0 Å². The van der Waals surface area contributed by atoms with Crippen LogP contribution in [0.4, 0.5) is 0 Å². The molecule has 2 aromatic rings. The molecular weight excluding hydrogens is 284 g/mol. The van der Waals surface area contributed by atoms with E-state index in [1.165, 1.54) is 35.4 Å². The van der Waals surface area contributed by atoms with Crippen molar-refractivity contribution in [3.63, 3.8) is 0 Å². The predicted octanol–water partition coefficient (Wildman–Crippen LogP) is 2.88. The average Bonchev–Trinajstić information content (AvgIpc) is 2.60. The summed E-state index contributed by atoms with van der Waals surface area (Å²) in [4.78, 5) is 11.7. The van der Waals surface area contributed by atoms with Crippen molar-refractivity contribution in [1.29, 1.82) is 0 Å². The molecular formula is C19H26N4. The number of fused-ring (bicyclic) bond motifs is 1. The topological polar surface area (TPSA) is 55.0 Å². The van der Waals surface area contributed by atoms with Gasteiger partial charge in [0.25, 0.3) is 0 Å². The highest BCUT2D eigenvalue weighted by molar-refractivity contribution is 5.26. The minimum Gasteiger partial charge on any atom is -0.330 e. The van der Waals surface area contributed by atoms with Gasteiger partial charge in [-0.05, 0) is 69.0 Å². The SMILES string of the molecule is CN(Cc1ncccc1CCCN)C1CCCc2cccnc21. The Morgan fingerprint density at radius 3 is 2.91 bits per heavy atom. The molecule has 4 nitrogen and oxygen atoms in total. The summed E-state index contributed by atoms with van der Waals surface area (Å²) >= 11 is 0. The molecule has 23 heavy (non-hydrogen) atoms. The number of hydrogen-bond acceptors (Lipinski definition) is 4. The molecule has 4 heteroatoms. The number of aryl methyl sites for hydroxylation is 2. The van der Waals surface area contributed by atoms with Crippen LogP contribution in [0.25, 0.3) is 0 Å². The van der Waals surface area contributed by atoms with Gasteiger partial charge in [-0.1, -0.05) is 12.1 Å². The highest BCUT2D eigenvalue weighted by atomic mass is 15.1. The Kier molecular flexibility index (Phi) is 5.36. The summed E-state index contributed by atoms with van der Waals surface area (Å²) in [6, 6.07) is 8.86. The first-order valence-electron chi connectivity index (χ1n) is 8.56. The van der Waals surface area contributed by atoms with Crippen LogP contribution in [0, 0.1) is 0 Å². The van der Waals surface area contributed by atoms with Gasteiger partial charge in [0.15, 0.2) is 0 Å². The number of pyridine rings is 2. The molecule has 3 rings (SSSR count). The monoisotopic (exact) mass is 310 g/mol. The summed E-state index contributed by atoms with van der Waals surface area (Å²) < 4.78 is 0. The van der Waals surface area contributed by atoms with Crippen molar-refractivity contribution >= 4 is 0 Å². The van der Waals surface area contributed by atoms with Crippen LogP contribution < -0.4 is 5.73 Å². The van der Waals surface area contributed by atoms with Gasteiger partial charge in [-0.2, -0.15) is 0 Å². The van der Waals surface area contributed by atoms with Gasteiger partial charge in [-0.25, -0.2) is 0 Å². The third-order valence-corrected chi connectivity index (χ3v) is 4.73. The van der Waals surface area contributed by atoms with Gasteiger partial charge in [0, 0.05) is 18.9 Å². The Hall–Kier alpha value is -1.78. The predicted molar refractivity (Wildman–Crippen MR) is 93.0 cm³/mol. The van der Waals surface area contributed by atoms with Gasteiger partial charge in [0.2, 0.25) is 0 Å². The van der Waals surface area contributed by atoms with Crippen LogP contribution >= 0.6 is 0 Å². The molecule has 0 aliphatic heterocycles. The van der Waals surface area contributed by atoms with Crippen molar-refractivity contribution in [2.24, 2.45) is 5.73 Å². The standard InChI is InChI=1S/C19H26N4/c1-23(14-17-15(7-3-11-20)8-4-12-21-17)18-10-2-6-16-9-5-13-22-19(16)18/h4-5,8-9,12-13,18H,2-3,6-7,10-11,14,20H2,1H3. The Labute approximate surface area is 138 Å². The molecule has 0 radical (unpaired) electrons. The van der Waals surface area contributed by atoms with Crippen molar-refractivity contribution < 1.29 is 0 Å². The third kappa shape index (κ3) is 3.77. The zero-order valence-corrected chi connectivity index (χ0v) is 13.9. The van der Waals surface area contributed by atoms with E-state index in [4.69, 9.17) is 5.73 Å². The molecule has 1 unspecified atom stereocenters. The quantitative estimate of drug-likeness (QED) is 0.891. The Morgan fingerprint density at radius 2 is 2.04 bits per heavy atom. The molecule has 1 atom stereocenters. The van der Waals surface area contributed by atoms with Gasteiger partial charge in [0.05, 0.1) is 17.4 Å². The van der Waals surface area contributed by atoms with Crippen LogP contribution in [0.1, 0.15) is 47.8 Å². The number of aromatic nitrogens is 2. The molecule has 2 N–H and O–H groups in total. The van der Waals surface area contributed by atoms with Gasteiger partial charge in [-0.3, -0.25) is 14.9 Å². The third-order valence-electron chi connectivity index (χ3n) is 4.73. The van der Waals surface area contributed by atoms with E-state index in [1.807, 2.05) is 24.5 Å². The number of nitrogens with zero attached hydrogens (tertiary/aromatic N) is 3. The maximum Gasteiger partial charge on any atom is 0.0607 e. The fraction of sp³-hybridized carbons (Fsp3) is 0.474. The van der Waals surface area contributed by atoms with Crippen molar-refractivity contribution in [2.45, 2.75) is 44.7 Å². The zero-order valence-electron chi connectivity index (χ0n) is 13.9. The highest BCUT2D eigenvalue weighted by Crippen LogP contribution is 2.32. The molecule has 0 saturated heterocycles. The van der Waals surface area contributed by atoms with E-state index in [1.54, 1.807) is 0 Å². The second-order valence-corrected chi connectivity index (χ2v) is 6.37. The van der Waals surface area contributed by atoms with E-state index in [2.05, 4.69) is 34.0 Å². The molecule has 122 valence electrons. The minimum atomic E-state index is 0.393. The van der Waals surface area contributed by atoms with Gasteiger partial charge < -0.3 is 5.73 Å². The van der Waals surface area contributed by atoms with E-state index in [-0.39, 0.29) is 0 Å². The molecule has 1 aliphatic carbocycles. The molecule has 1 aliphatic rings. The van der Waals surface area contributed by atoms with Gasteiger partial charge >= 0.3 is 0 Å². The van der Waals surface area contributed by atoms with E-state index >= 15 is 0 Å². The zero-order chi connectivity index (χ0) is 16.1. The highest BCUT2D eigenvalue weighted by Gasteiger charge is 2.25. The summed E-state index contributed by atoms with van der Waals surface area (Å²) in [5, 5.41) is 0.